The van der Waals surface area contributed by atoms with E-state index < -0.39 is 17.6 Å². The molecule has 1 heterocycles. The van der Waals surface area contributed by atoms with Gasteiger partial charge in [-0.25, -0.2) is 4.39 Å². The van der Waals surface area contributed by atoms with E-state index in [1.54, 1.807) is 0 Å². The SMILES string of the molecule is CC(=O)OC1CCNC(Cc2cc(F)cc(C(F)(F)F)c2)C1. The van der Waals surface area contributed by atoms with Crippen molar-refractivity contribution in [3.8, 4) is 0 Å². The topological polar surface area (TPSA) is 38.3 Å². The molecule has 1 aliphatic rings. The van der Waals surface area contributed by atoms with Gasteiger partial charge in [-0.3, -0.25) is 4.79 Å². The Morgan fingerprint density at radius 2 is 2.09 bits per heavy atom. The molecule has 0 radical (unpaired) electrons. The van der Waals surface area contributed by atoms with Crippen LogP contribution in [0.1, 0.15) is 30.9 Å². The molecular formula is C15H17F4NO2. The van der Waals surface area contributed by atoms with E-state index in [-0.39, 0.29) is 30.1 Å². The molecule has 0 bridgehead atoms. The minimum atomic E-state index is -4.57. The summed E-state index contributed by atoms with van der Waals surface area (Å²) in [7, 11) is 0. The number of carbonyl (C=O) groups is 1. The molecule has 1 fully saturated rings. The average molecular weight is 319 g/mol. The molecule has 22 heavy (non-hydrogen) atoms. The molecule has 1 saturated heterocycles. The maximum absolute atomic E-state index is 13.4. The Morgan fingerprint density at radius 3 is 2.73 bits per heavy atom. The fraction of sp³-hybridized carbons (Fsp3) is 0.533. The van der Waals surface area contributed by atoms with Crippen LogP contribution < -0.4 is 5.32 Å². The maximum atomic E-state index is 13.4. The number of esters is 1. The highest BCUT2D eigenvalue weighted by atomic mass is 19.4. The monoisotopic (exact) mass is 319 g/mol. The summed E-state index contributed by atoms with van der Waals surface area (Å²) in [5.41, 5.74) is -0.719. The highest BCUT2D eigenvalue weighted by molar-refractivity contribution is 5.66. The Labute approximate surface area is 125 Å². The summed E-state index contributed by atoms with van der Waals surface area (Å²) in [5, 5.41) is 3.15. The van der Waals surface area contributed by atoms with Gasteiger partial charge in [0, 0.05) is 19.4 Å². The van der Waals surface area contributed by atoms with Crippen molar-refractivity contribution in [2.45, 2.75) is 44.5 Å². The van der Waals surface area contributed by atoms with Crippen LogP contribution in [0.2, 0.25) is 0 Å². The summed E-state index contributed by atoms with van der Waals surface area (Å²) in [5.74, 6) is -1.28. The first-order chi connectivity index (χ1) is 10.2. The van der Waals surface area contributed by atoms with Gasteiger partial charge < -0.3 is 10.1 Å². The van der Waals surface area contributed by atoms with Gasteiger partial charge in [0.05, 0.1) is 5.56 Å². The third-order valence-corrected chi connectivity index (χ3v) is 3.55. The smallest absolute Gasteiger partial charge is 0.416 e. The van der Waals surface area contributed by atoms with Gasteiger partial charge in [0.25, 0.3) is 0 Å². The van der Waals surface area contributed by atoms with Crippen LogP contribution in [0.15, 0.2) is 18.2 Å². The minimum Gasteiger partial charge on any atom is -0.462 e. The Bertz CT molecular complexity index is 545. The number of piperidine rings is 1. The van der Waals surface area contributed by atoms with Gasteiger partial charge in [-0.2, -0.15) is 13.2 Å². The summed E-state index contributed by atoms with van der Waals surface area (Å²) < 4.78 is 56.6. The van der Waals surface area contributed by atoms with Gasteiger partial charge in [0.15, 0.2) is 0 Å². The second kappa shape index (κ2) is 6.64. The van der Waals surface area contributed by atoms with Crippen molar-refractivity contribution in [1.82, 2.24) is 5.32 Å². The van der Waals surface area contributed by atoms with Gasteiger partial charge in [-0.1, -0.05) is 0 Å². The lowest BCUT2D eigenvalue weighted by Crippen LogP contribution is -2.43. The number of carbonyl (C=O) groups excluding carboxylic acids is 1. The zero-order valence-electron chi connectivity index (χ0n) is 12.0. The molecule has 2 unspecified atom stereocenters. The molecule has 1 aliphatic heterocycles. The van der Waals surface area contributed by atoms with E-state index in [0.29, 0.717) is 25.5 Å². The second-order valence-corrected chi connectivity index (χ2v) is 5.46. The van der Waals surface area contributed by atoms with Crippen LogP contribution in [0.25, 0.3) is 0 Å². The highest BCUT2D eigenvalue weighted by Gasteiger charge is 2.32. The van der Waals surface area contributed by atoms with Crippen molar-refractivity contribution >= 4 is 5.97 Å². The Kier molecular flexibility index (Phi) is 5.05. The molecule has 2 atom stereocenters. The lowest BCUT2D eigenvalue weighted by Gasteiger charge is -2.30. The van der Waals surface area contributed by atoms with Gasteiger partial charge in [-0.15, -0.1) is 0 Å². The fourth-order valence-electron chi connectivity index (χ4n) is 2.68. The summed E-state index contributed by atoms with van der Waals surface area (Å²) in [4.78, 5) is 11.0. The largest absolute Gasteiger partial charge is 0.462 e. The lowest BCUT2D eigenvalue weighted by atomic mass is 9.95. The van der Waals surface area contributed by atoms with Crippen molar-refractivity contribution in [3.05, 3.63) is 35.1 Å². The molecule has 7 heteroatoms. The van der Waals surface area contributed by atoms with Crippen LogP contribution >= 0.6 is 0 Å². The molecule has 3 nitrogen and oxygen atoms in total. The van der Waals surface area contributed by atoms with E-state index in [2.05, 4.69) is 5.32 Å². The van der Waals surface area contributed by atoms with E-state index in [9.17, 15) is 22.4 Å². The number of rotatable bonds is 3. The second-order valence-electron chi connectivity index (χ2n) is 5.46. The zero-order valence-corrected chi connectivity index (χ0v) is 12.0. The first-order valence-corrected chi connectivity index (χ1v) is 7.01. The first-order valence-electron chi connectivity index (χ1n) is 7.01. The average Bonchev–Trinajstić information content (AvgIpc) is 2.36. The van der Waals surface area contributed by atoms with Crippen molar-refractivity contribution < 1.29 is 27.1 Å². The molecule has 2 rings (SSSR count). The number of benzene rings is 1. The van der Waals surface area contributed by atoms with Crippen molar-refractivity contribution in [2.75, 3.05) is 6.54 Å². The fourth-order valence-corrected chi connectivity index (χ4v) is 2.68. The van der Waals surface area contributed by atoms with Crippen molar-refractivity contribution in [3.63, 3.8) is 0 Å². The zero-order chi connectivity index (χ0) is 16.3. The third-order valence-electron chi connectivity index (χ3n) is 3.55. The van der Waals surface area contributed by atoms with Crippen molar-refractivity contribution in [1.29, 1.82) is 0 Å². The van der Waals surface area contributed by atoms with Crippen LogP contribution in [0, 0.1) is 5.82 Å². The lowest BCUT2D eigenvalue weighted by molar-refractivity contribution is -0.148. The molecule has 122 valence electrons. The molecule has 1 N–H and O–H groups in total. The summed E-state index contributed by atoms with van der Waals surface area (Å²) >= 11 is 0. The molecule has 0 spiro atoms. The van der Waals surface area contributed by atoms with E-state index >= 15 is 0 Å². The highest BCUT2D eigenvalue weighted by Crippen LogP contribution is 2.31. The van der Waals surface area contributed by atoms with Crippen LogP contribution in [0.5, 0.6) is 0 Å². The Balaban J connectivity index is 2.07. The van der Waals surface area contributed by atoms with Crippen molar-refractivity contribution in [2.24, 2.45) is 0 Å². The number of nitrogens with one attached hydrogen (secondary N) is 1. The van der Waals surface area contributed by atoms with E-state index in [0.717, 1.165) is 12.1 Å². The molecule has 0 aliphatic carbocycles. The van der Waals surface area contributed by atoms with Gasteiger partial charge in [-0.05, 0) is 43.1 Å². The number of hydrogen-bond donors (Lipinski definition) is 1. The maximum Gasteiger partial charge on any atom is 0.416 e. The predicted octanol–water partition coefficient (Wildman–Crippen LogP) is 3.07. The van der Waals surface area contributed by atoms with Crippen LogP contribution in [0.3, 0.4) is 0 Å². The quantitative estimate of drug-likeness (QED) is 0.687. The molecule has 0 amide bonds. The minimum absolute atomic E-state index is 0.152. The van der Waals surface area contributed by atoms with E-state index in [1.165, 1.54) is 6.92 Å². The van der Waals surface area contributed by atoms with Gasteiger partial charge in [0.2, 0.25) is 0 Å². The molecule has 0 saturated carbocycles. The van der Waals surface area contributed by atoms with Crippen LogP contribution in [-0.2, 0) is 22.1 Å². The normalized spacial score (nSPS) is 22.4. The van der Waals surface area contributed by atoms with E-state index in [1.807, 2.05) is 0 Å². The number of alkyl halides is 3. The van der Waals surface area contributed by atoms with E-state index in [4.69, 9.17) is 4.74 Å². The van der Waals surface area contributed by atoms with Crippen LogP contribution in [0.4, 0.5) is 17.6 Å². The molecule has 0 aromatic heterocycles. The predicted molar refractivity (Wildman–Crippen MR) is 71.7 cm³/mol. The van der Waals surface area contributed by atoms with Crippen LogP contribution in [-0.4, -0.2) is 24.7 Å². The summed E-state index contributed by atoms with van der Waals surface area (Å²) in [6, 6.07) is 2.40. The summed E-state index contributed by atoms with van der Waals surface area (Å²) in [6.07, 6.45) is -3.42. The Hall–Kier alpha value is -1.63. The number of hydrogen-bond acceptors (Lipinski definition) is 3. The molecule has 1 aromatic carbocycles. The molecule has 1 aromatic rings. The summed E-state index contributed by atoms with van der Waals surface area (Å²) in [6.45, 7) is 1.92. The van der Waals surface area contributed by atoms with Gasteiger partial charge >= 0.3 is 12.1 Å². The standard InChI is InChI=1S/C15H17F4NO2/c1-9(21)22-14-2-3-20-13(8-14)6-10-4-11(15(17,18)19)7-12(16)5-10/h4-5,7,13-14,20H,2-3,6,8H2,1H3. The Morgan fingerprint density at radius 1 is 1.36 bits per heavy atom. The van der Waals surface area contributed by atoms with Gasteiger partial charge in [0.1, 0.15) is 11.9 Å². The first kappa shape index (κ1) is 16.7. The third kappa shape index (κ3) is 4.69. The molecular weight excluding hydrogens is 302 g/mol. The number of halogens is 4. The number of ether oxygens (including phenoxy) is 1.